The molecule has 2 N–H and O–H groups in total. The summed E-state index contributed by atoms with van der Waals surface area (Å²) in [5.41, 5.74) is 1.42. The maximum atomic E-state index is 12.3. The van der Waals surface area contributed by atoms with Gasteiger partial charge in [-0.2, -0.15) is 0 Å². The minimum atomic E-state index is -0.0918. The number of rotatable bonds is 6. The minimum absolute atomic E-state index is 0.0361. The molecule has 0 unspecified atom stereocenters. The molecule has 0 spiro atoms. The van der Waals surface area contributed by atoms with Crippen molar-refractivity contribution < 1.29 is 14.3 Å². The van der Waals surface area contributed by atoms with Crippen LogP contribution in [-0.4, -0.2) is 67.0 Å². The monoisotopic (exact) mass is 371 g/mol. The molecule has 1 aromatic heterocycles. The van der Waals surface area contributed by atoms with Gasteiger partial charge in [0.25, 0.3) is 5.91 Å². The van der Waals surface area contributed by atoms with Crippen LogP contribution >= 0.6 is 0 Å². The number of H-pyrrole nitrogens is 1. The van der Waals surface area contributed by atoms with Crippen LogP contribution in [0.4, 0.5) is 5.69 Å². The van der Waals surface area contributed by atoms with E-state index in [1.54, 1.807) is 32.6 Å². The number of nitrogens with zero attached hydrogens (tertiary/aromatic N) is 3. The highest BCUT2D eigenvalue weighted by Crippen LogP contribution is 2.34. The van der Waals surface area contributed by atoms with E-state index in [4.69, 9.17) is 4.74 Å². The maximum absolute atomic E-state index is 12.3. The lowest BCUT2D eigenvalue weighted by Crippen LogP contribution is -2.44. The van der Waals surface area contributed by atoms with Crippen LogP contribution in [0.1, 0.15) is 22.6 Å². The lowest BCUT2D eigenvalue weighted by molar-refractivity contribution is -0.121. The van der Waals surface area contributed by atoms with E-state index in [9.17, 15) is 9.59 Å². The van der Waals surface area contributed by atoms with Crippen molar-refractivity contribution in [1.29, 1.82) is 0 Å². The van der Waals surface area contributed by atoms with Gasteiger partial charge in [-0.1, -0.05) is 0 Å². The molecule has 8 nitrogen and oxygen atoms in total. The van der Waals surface area contributed by atoms with Gasteiger partial charge in [-0.25, -0.2) is 4.98 Å². The molecule has 0 saturated carbocycles. The molecule has 1 aliphatic rings. The molecule has 1 aliphatic heterocycles. The van der Waals surface area contributed by atoms with E-state index in [0.29, 0.717) is 31.6 Å². The average Bonchev–Trinajstić information content (AvgIpc) is 3.16. The van der Waals surface area contributed by atoms with E-state index in [0.717, 1.165) is 17.3 Å². The summed E-state index contributed by atoms with van der Waals surface area (Å²) in [6.07, 6.45) is 4.44. The van der Waals surface area contributed by atoms with E-state index in [1.165, 1.54) is 4.90 Å². The summed E-state index contributed by atoms with van der Waals surface area (Å²) in [6.45, 7) is 0.956. The zero-order valence-corrected chi connectivity index (χ0v) is 15.9. The first kappa shape index (κ1) is 18.8. The van der Waals surface area contributed by atoms with Crippen LogP contribution in [0.25, 0.3) is 0 Å². The van der Waals surface area contributed by atoms with Crippen molar-refractivity contribution in [2.45, 2.75) is 18.9 Å². The van der Waals surface area contributed by atoms with Crippen molar-refractivity contribution in [3.8, 4) is 5.75 Å². The Labute approximate surface area is 158 Å². The van der Waals surface area contributed by atoms with Gasteiger partial charge >= 0.3 is 0 Å². The fraction of sp³-hybridized carbons (Fsp3) is 0.421. The summed E-state index contributed by atoms with van der Waals surface area (Å²) in [5.74, 6) is 1.47. The Morgan fingerprint density at radius 3 is 2.93 bits per heavy atom. The number of nitrogens with one attached hydrogen (secondary N) is 2. The lowest BCUT2D eigenvalue weighted by Gasteiger charge is -2.35. The first-order valence-corrected chi connectivity index (χ1v) is 8.92. The standard InChI is InChI=1S/C19H25N5O3/c1-23(2)19(26)13-4-5-16-15(10-13)24(3)14(12-27-16)11-18(25)22-7-6-17-20-8-9-21-17/h4-5,8-10,14H,6-7,11-12H2,1-3H3,(H,20,21)(H,22,25)/t14-/m0/s1. The quantitative estimate of drug-likeness (QED) is 0.792. The van der Waals surface area contributed by atoms with E-state index in [2.05, 4.69) is 15.3 Å². The normalized spacial score (nSPS) is 15.7. The number of aromatic nitrogens is 2. The molecule has 8 heteroatoms. The molecule has 3 rings (SSSR count). The highest BCUT2D eigenvalue weighted by Gasteiger charge is 2.27. The van der Waals surface area contributed by atoms with Crippen LogP contribution in [0.3, 0.4) is 0 Å². The highest BCUT2D eigenvalue weighted by atomic mass is 16.5. The summed E-state index contributed by atoms with van der Waals surface area (Å²) in [4.78, 5) is 35.2. The molecule has 0 fully saturated rings. The number of anilines is 1. The Morgan fingerprint density at radius 2 is 2.22 bits per heavy atom. The van der Waals surface area contributed by atoms with Crippen LogP contribution in [0.15, 0.2) is 30.6 Å². The predicted octanol–water partition coefficient (Wildman–Crippen LogP) is 1.06. The number of imidazole rings is 1. The van der Waals surface area contributed by atoms with Crippen LogP contribution in [-0.2, 0) is 11.2 Å². The third-order valence-corrected chi connectivity index (χ3v) is 4.63. The number of carbonyl (C=O) groups excluding carboxylic acids is 2. The number of hydrogen-bond acceptors (Lipinski definition) is 5. The molecule has 27 heavy (non-hydrogen) atoms. The molecule has 0 bridgehead atoms. The molecular weight excluding hydrogens is 346 g/mol. The lowest BCUT2D eigenvalue weighted by atomic mass is 10.1. The smallest absolute Gasteiger partial charge is 0.253 e. The Morgan fingerprint density at radius 1 is 1.41 bits per heavy atom. The second-order valence-corrected chi connectivity index (χ2v) is 6.80. The fourth-order valence-corrected chi connectivity index (χ4v) is 3.04. The van der Waals surface area contributed by atoms with Gasteiger partial charge in [-0.3, -0.25) is 9.59 Å². The van der Waals surface area contributed by atoms with Crippen molar-refractivity contribution in [1.82, 2.24) is 20.2 Å². The number of ether oxygens (including phenoxy) is 1. The predicted molar refractivity (Wildman–Crippen MR) is 102 cm³/mol. The number of aromatic amines is 1. The molecule has 2 aromatic rings. The highest BCUT2D eigenvalue weighted by molar-refractivity contribution is 5.95. The van der Waals surface area contributed by atoms with Gasteiger partial charge in [0, 0.05) is 52.1 Å². The second kappa shape index (κ2) is 8.11. The second-order valence-electron chi connectivity index (χ2n) is 6.80. The maximum Gasteiger partial charge on any atom is 0.253 e. The number of likely N-dealkylation sites (N-methyl/N-ethyl adjacent to an activating group) is 1. The summed E-state index contributed by atoms with van der Waals surface area (Å²) in [6, 6.07) is 5.29. The molecule has 2 heterocycles. The SMILES string of the molecule is CN(C)C(=O)c1ccc2c(c1)N(C)[C@@H](CC(=O)NCCc1ncc[nH]1)CO2. The van der Waals surface area contributed by atoms with Gasteiger partial charge in [0.15, 0.2) is 0 Å². The number of benzene rings is 1. The molecule has 144 valence electrons. The molecule has 1 atom stereocenters. The van der Waals surface area contributed by atoms with E-state index in [1.807, 2.05) is 24.1 Å². The Bertz CT molecular complexity index is 804. The van der Waals surface area contributed by atoms with Crippen molar-refractivity contribution in [3.63, 3.8) is 0 Å². The Balaban J connectivity index is 1.60. The zero-order valence-electron chi connectivity index (χ0n) is 15.9. The molecule has 1 aromatic carbocycles. The topological polar surface area (TPSA) is 90.6 Å². The number of fused-ring (bicyclic) bond motifs is 1. The van der Waals surface area contributed by atoms with Gasteiger partial charge in [0.1, 0.15) is 18.2 Å². The summed E-state index contributed by atoms with van der Waals surface area (Å²) in [5, 5.41) is 2.92. The summed E-state index contributed by atoms with van der Waals surface area (Å²) in [7, 11) is 5.36. The molecule has 2 amide bonds. The van der Waals surface area contributed by atoms with Crippen molar-refractivity contribution in [3.05, 3.63) is 42.0 Å². The number of amides is 2. The number of hydrogen-bond donors (Lipinski definition) is 2. The van der Waals surface area contributed by atoms with Gasteiger partial charge in [-0.15, -0.1) is 0 Å². The average molecular weight is 371 g/mol. The zero-order chi connectivity index (χ0) is 19.4. The third-order valence-electron chi connectivity index (χ3n) is 4.63. The summed E-state index contributed by atoms with van der Waals surface area (Å²) < 4.78 is 5.80. The van der Waals surface area contributed by atoms with E-state index in [-0.39, 0.29) is 17.9 Å². The van der Waals surface area contributed by atoms with Gasteiger partial charge in [-0.05, 0) is 18.2 Å². The van der Waals surface area contributed by atoms with Gasteiger partial charge in [0.2, 0.25) is 5.91 Å². The molecule has 0 saturated heterocycles. The Kier molecular flexibility index (Phi) is 5.63. The van der Waals surface area contributed by atoms with Gasteiger partial charge < -0.3 is 24.8 Å². The van der Waals surface area contributed by atoms with Crippen LogP contribution in [0, 0.1) is 0 Å². The molecule has 0 radical (unpaired) electrons. The van der Waals surface area contributed by atoms with E-state index < -0.39 is 0 Å². The summed E-state index contributed by atoms with van der Waals surface area (Å²) >= 11 is 0. The minimum Gasteiger partial charge on any atom is -0.489 e. The van der Waals surface area contributed by atoms with Crippen molar-refractivity contribution >= 4 is 17.5 Å². The van der Waals surface area contributed by atoms with Crippen LogP contribution in [0.2, 0.25) is 0 Å². The van der Waals surface area contributed by atoms with Crippen LogP contribution < -0.4 is 15.0 Å². The largest absolute Gasteiger partial charge is 0.489 e. The van der Waals surface area contributed by atoms with Crippen LogP contribution in [0.5, 0.6) is 5.75 Å². The molecular formula is C19H25N5O3. The third kappa shape index (κ3) is 4.39. The first-order valence-electron chi connectivity index (χ1n) is 8.92. The van der Waals surface area contributed by atoms with Crippen molar-refractivity contribution in [2.75, 3.05) is 39.2 Å². The Hall–Kier alpha value is -3.03. The molecule has 0 aliphatic carbocycles. The van der Waals surface area contributed by atoms with E-state index >= 15 is 0 Å². The first-order chi connectivity index (χ1) is 13.0. The fourth-order valence-electron chi connectivity index (χ4n) is 3.04. The number of carbonyl (C=O) groups is 2. The van der Waals surface area contributed by atoms with Crippen molar-refractivity contribution in [2.24, 2.45) is 0 Å². The van der Waals surface area contributed by atoms with Gasteiger partial charge in [0.05, 0.1) is 18.2 Å².